The average Bonchev–Trinajstić information content (AvgIpc) is 3.48. The van der Waals surface area contributed by atoms with Gasteiger partial charge in [-0.1, -0.05) is 43.7 Å². The van der Waals surface area contributed by atoms with E-state index < -0.39 is 8.60 Å². The first-order valence-electron chi connectivity index (χ1n) is 14.6. The van der Waals surface area contributed by atoms with Crippen LogP contribution < -0.4 is 18.7 Å². The van der Waals surface area contributed by atoms with Crippen molar-refractivity contribution in [2.45, 2.75) is 45.6 Å². The molecule has 9 nitrogen and oxygen atoms in total. The summed E-state index contributed by atoms with van der Waals surface area (Å²) in [6.07, 6.45) is 3.97. The SMILES string of the molecule is CC/C(=C(/c1ccc(OCC(CN2CCCCC2)OC(C)=O)cc1)c1ccc(OP(O)O)cc1)c1ccc2c(c1)OCO2. The van der Waals surface area contributed by atoms with Crippen LogP contribution in [0.5, 0.6) is 23.0 Å². The molecule has 1 atom stereocenters. The average molecular weight is 608 g/mol. The summed E-state index contributed by atoms with van der Waals surface area (Å²) < 4.78 is 28.0. The Balaban J connectivity index is 1.41. The standard InChI is InChI=1S/C33H38NO8P/c1-3-30(26-11-16-31-32(19-26)40-22-39-31)33(25-9-14-28(15-10-25)42-43(36)37)24-7-12-27(13-8-24)38-21-29(41-23(2)35)20-34-17-5-4-6-18-34/h7-16,19,29,36-37H,3-6,17-18,20-22H2,1-2H3/b33-30+. The third-order valence-electron chi connectivity index (χ3n) is 7.53. The molecule has 43 heavy (non-hydrogen) atoms. The number of nitrogens with zero attached hydrogens (tertiary/aromatic N) is 1. The molecule has 0 saturated carbocycles. The molecule has 2 aliphatic heterocycles. The molecule has 0 spiro atoms. The normalized spacial score (nSPS) is 16.0. The first kappa shape index (κ1) is 30.8. The van der Waals surface area contributed by atoms with E-state index in [1.165, 1.54) is 13.3 Å². The molecule has 3 aromatic carbocycles. The number of rotatable bonds is 12. The number of carbonyl (C=O) groups is 1. The van der Waals surface area contributed by atoms with Crippen LogP contribution in [0, 0.1) is 0 Å². The van der Waals surface area contributed by atoms with Gasteiger partial charge < -0.3 is 33.3 Å². The highest BCUT2D eigenvalue weighted by Crippen LogP contribution is 2.40. The molecule has 0 aromatic heterocycles. The number of ether oxygens (including phenoxy) is 4. The van der Waals surface area contributed by atoms with Gasteiger partial charge in [-0.05, 0) is 96.6 Å². The van der Waals surface area contributed by atoms with Crippen LogP contribution in [0.3, 0.4) is 0 Å². The Morgan fingerprint density at radius 1 is 0.884 bits per heavy atom. The highest BCUT2D eigenvalue weighted by molar-refractivity contribution is 7.39. The number of esters is 1. The van der Waals surface area contributed by atoms with Gasteiger partial charge in [0.1, 0.15) is 24.2 Å². The van der Waals surface area contributed by atoms with Gasteiger partial charge in [0.05, 0.1) is 0 Å². The number of likely N-dealkylation sites (tertiary alicyclic amines) is 1. The van der Waals surface area contributed by atoms with Crippen molar-refractivity contribution in [1.29, 1.82) is 0 Å². The summed E-state index contributed by atoms with van der Waals surface area (Å²) in [5.41, 5.74) is 5.04. The van der Waals surface area contributed by atoms with Crippen LogP contribution in [0.1, 0.15) is 56.2 Å². The van der Waals surface area contributed by atoms with Gasteiger partial charge in [0.15, 0.2) is 11.5 Å². The Morgan fingerprint density at radius 3 is 2.14 bits per heavy atom. The molecule has 10 heteroatoms. The highest BCUT2D eigenvalue weighted by Gasteiger charge is 2.21. The number of benzene rings is 3. The topological polar surface area (TPSA) is 107 Å². The van der Waals surface area contributed by atoms with Gasteiger partial charge in [-0.2, -0.15) is 0 Å². The van der Waals surface area contributed by atoms with Crippen LogP contribution in [0.15, 0.2) is 66.7 Å². The van der Waals surface area contributed by atoms with Crippen molar-refractivity contribution < 1.29 is 38.1 Å². The van der Waals surface area contributed by atoms with Gasteiger partial charge in [0.25, 0.3) is 0 Å². The number of fused-ring (bicyclic) bond motifs is 1. The second kappa shape index (κ2) is 14.7. The molecular formula is C33H38NO8P. The van der Waals surface area contributed by atoms with E-state index in [0.29, 0.717) is 23.8 Å². The zero-order chi connectivity index (χ0) is 30.2. The molecule has 1 fully saturated rings. The fraction of sp³-hybridized carbons (Fsp3) is 0.364. The first-order valence-corrected chi connectivity index (χ1v) is 15.8. The van der Waals surface area contributed by atoms with Gasteiger partial charge in [-0.15, -0.1) is 0 Å². The molecule has 0 bridgehead atoms. The number of hydrogen-bond acceptors (Lipinski definition) is 9. The van der Waals surface area contributed by atoms with Crippen molar-refractivity contribution in [3.63, 3.8) is 0 Å². The zero-order valence-electron chi connectivity index (χ0n) is 24.5. The summed E-state index contributed by atoms with van der Waals surface area (Å²) in [4.78, 5) is 32.6. The fourth-order valence-corrected chi connectivity index (χ4v) is 5.91. The predicted molar refractivity (Wildman–Crippen MR) is 165 cm³/mol. The minimum atomic E-state index is -2.50. The first-order chi connectivity index (χ1) is 20.9. The number of piperidine rings is 1. The summed E-state index contributed by atoms with van der Waals surface area (Å²) in [6, 6.07) is 21.1. The van der Waals surface area contributed by atoms with Crippen molar-refractivity contribution >= 4 is 25.7 Å². The lowest BCUT2D eigenvalue weighted by atomic mass is 9.88. The monoisotopic (exact) mass is 607 g/mol. The lowest BCUT2D eigenvalue weighted by Gasteiger charge is -2.30. The van der Waals surface area contributed by atoms with Crippen LogP contribution in [0.2, 0.25) is 0 Å². The molecule has 228 valence electrons. The largest absolute Gasteiger partial charge is 0.490 e. The van der Waals surface area contributed by atoms with E-state index in [2.05, 4.69) is 11.8 Å². The minimum Gasteiger partial charge on any atom is -0.490 e. The van der Waals surface area contributed by atoms with Gasteiger partial charge in [-0.25, -0.2) is 0 Å². The lowest BCUT2D eigenvalue weighted by molar-refractivity contribution is -0.149. The van der Waals surface area contributed by atoms with Crippen molar-refractivity contribution in [1.82, 2.24) is 4.90 Å². The zero-order valence-corrected chi connectivity index (χ0v) is 25.4. The summed E-state index contributed by atoms with van der Waals surface area (Å²) >= 11 is 0. The Bertz CT molecular complexity index is 1400. The van der Waals surface area contributed by atoms with Crippen LogP contribution in [0.25, 0.3) is 11.1 Å². The van der Waals surface area contributed by atoms with E-state index in [9.17, 15) is 14.6 Å². The smallest absolute Gasteiger partial charge is 0.391 e. The summed E-state index contributed by atoms with van der Waals surface area (Å²) in [5, 5.41) is 0. The van der Waals surface area contributed by atoms with Gasteiger partial charge in [0.2, 0.25) is 6.79 Å². The van der Waals surface area contributed by atoms with Crippen LogP contribution in [0.4, 0.5) is 0 Å². The lowest BCUT2D eigenvalue weighted by Crippen LogP contribution is -2.40. The summed E-state index contributed by atoms with van der Waals surface area (Å²) in [7, 11) is -2.50. The number of carbonyl (C=O) groups excluding carboxylic acids is 1. The minimum absolute atomic E-state index is 0.203. The fourth-order valence-electron chi connectivity index (χ4n) is 5.60. The third-order valence-corrected chi connectivity index (χ3v) is 7.90. The molecule has 2 heterocycles. The van der Waals surface area contributed by atoms with E-state index in [4.69, 9.17) is 23.5 Å². The predicted octanol–water partition coefficient (Wildman–Crippen LogP) is 6.17. The van der Waals surface area contributed by atoms with E-state index in [1.54, 1.807) is 12.1 Å². The van der Waals surface area contributed by atoms with Crippen LogP contribution in [-0.4, -0.2) is 59.8 Å². The van der Waals surface area contributed by atoms with Crippen molar-refractivity contribution in [2.75, 3.05) is 33.0 Å². The maximum absolute atomic E-state index is 11.8. The molecular weight excluding hydrogens is 569 g/mol. The molecule has 1 saturated heterocycles. The summed E-state index contributed by atoms with van der Waals surface area (Å²) in [6.45, 7) is 6.70. The Hall–Kier alpha value is -3.62. The second-order valence-electron chi connectivity index (χ2n) is 10.6. The molecule has 5 rings (SSSR count). The van der Waals surface area contributed by atoms with Gasteiger partial charge in [0, 0.05) is 13.5 Å². The molecule has 2 N–H and O–H groups in total. The van der Waals surface area contributed by atoms with Crippen molar-refractivity contribution in [2.24, 2.45) is 0 Å². The van der Waals surface area contributed by atoms with E-state index in [-0.39, 0.29) is 25.5 Å². The molecule has 1 unspecified atom stereocenters. The molecule has 2 aliphatic rings. The van der Waals surface area contributed by atoms with Crippen LogP contribution in [-0.2, 0) is 9.53 Å². The third kappa shape index (κ3) is 8.27. The molecule has 3 aromatic rings. The molecule has 0 amide bonds. The number of allylic oxidation sites excluding steroid dienone is 1. The maximum atomic E-state index is 11.8. The quantitative estimate of drug-likeness (QED) is 0.142. The Labute approximate surface area is 253 Å². The van der Waals surface area contributed by atoms with E-state index >= 15 is 0 Å². The van der Waals surface area contributed by atoms with Crippen molar-refractivity contribution in [3.05, 3.63) is 83.4 Å². The van der Waals surface area contributed by atoms with Gasteiger partial charge >= 0.3 is 14.6 Å². The summed E-state index contributed by atoms with van der Waals surface area (Å²) in [5.74, 6) is 2.18. The molecule has 0 aliphatic carbocycles. The Morgan fingerprint density at radius 2 is 1.51 bits per heavy atom. The number of hydrogen-bond donors (Lipinski definition) is 2. The molecule has 0 radical (unpaired) electrons. The van der Waals surface area contributed by atoms with Crippen molar-refractivity contribution in [3.8, 4) is 23.0 Å². The highest BCUT2D eigenvalue weighted by atomic mass is 31.2. The Kier molecular flexibility index (Phi) is 10.5. The second-order valence-corrected chi connectivity index (χ2v) is 11.3. The maximum Gasteiger partial charge on any atom is 0.391 e. The van der Waals surface area contributed by atoms with Gasteiger partial charge in [-0.3, -0.25) is 9.69 Å². The van der Waals surface area contributed by atoms with E-state index in [1.807, 2.05) is 54.6 Å². The van der Waals surface area contributed by atoms with Crippen LogP contribution >= 0.6 is 8.60 Å². The van der Waals surface area contributed by atoms with E-state index in [0.717, 1.165) is 65.9 Å².